The Morgan fingerprint density at radius 1 is 1.38 bits per heavy atom. The summed E-state index contributed by atoms with van der Waals surface area (Å²) in [5.74, 6) is -1.17. The number of nitrogens with zero attached hydrogens (tertiary/aromatic N) is 1. The predicted octanol–water partition coefficient (Wildman–Crippen LogP) is 0.794. The predicted molar refractivity (Wildman–Crippen MR) is 76.9 cm³/mol. The van der Waals surface area contributed by atoms with Crippen LogP contribution in [0.1, 0.15) is 40.0 Å². The Morgan fingerprint density at radius 2 is 2.05 bits per heavy atom. The minimum Gasteiger partial charge on any atom is -0.633 e. The molecule has 0 amide bonds. The number of quaternary nitrogens is 1. The first-order valence-corrected chi connectivity index (χ1v) is 7.87. The van der Waals surface area contributed by atoms with Crippen molar-refractivity contribution in [3.05, 3.63) is 5.21 Å². The fraction of sp³-hybridized carbons (Fsp3) is 0.933. The van der Waals surface area contributed by atoms with Gasteiger partial charge in [0.2, 0.25) is 0 Å². The Labute approximate surface area is 125 Å². The summed E-state index contributed by atoms with van der Waals surface area (Å²) in [6.07, 6.45) is 1.38. The van der Waals surface area contributed by atoms with E-state index in [1.807, 2.05) is 0 Å². The maximum absolute atomic E-state index is 12.4. The second-order valence-electron chi connectivity index (χ2n) is 6.91. The molecular formula is C15H27NO5. The van der Waals surface area contributed by atoms with Gasteiger partial charge in [-0.1, -0.05) is 13.8 Å². The van der Waals surface area contributed by atoms with Gasteiger partial charge in [0.15, 0.2) is 5.60 Å². The molecule has 2 N–H and O–H groups in total. The van der Waals surface area contributed by atoms with Crippen LogP contribution in [0.15, 0.2) is 0 Å². The molecule has 2 saturated heterocycles. The van der Waals surface area contributed by atoms with E-state index in [2.05, 4.69) is 0 Å². The lowest BCUT2D eigenvalue weighted by Crippen LogP contribution is -2.53. The smallest absolute Gasteiger partial charge is 0.341 e. The number of aliphatic hydroxyl groups is 2. The van der Waals surface area contributed by atoms with Crippen LogP contribution in [0.3, 0.4) is 0 Å². The average molecular weight is 301 g/mol. The number of fused-ring (bicyclic) bond motifs is 1. The second kappa shape index (κ2) is 5.83. The van der Waals surface area contributed by atoms with Gasteiger partial charge in [0.25, 0.3) is 0 Å². The van der Waals surface area contributed by atoms with Gasteiger partial charge in [0.1, 0.15) is 6.61 Å². The SMILES string of the molecule is CC(C)[C@](O)(C(=O)OC[C@@H]1CC[N+]2([O-])CCC[C@@H]12)[C@H](C)O. The number of hydrogen-bond acceptors (Lipinski definition) is 5. The van der Waals surface area contributed by atoms with Gasteiger partial charge in [-0.05, 0) is 12.8 Å². The van der Waals surface area contributed by atoms with Gasteiger partial charge in [-0.25, -0.2) is 4.79 Å². The summed E-state index contributed by atoms with van der Waals surface area (Å²) in [5.41, 5.74) is -1.89. The second-order valence-corrected chi connectivity index (χ2v) is 6.91. The van der Waals surface area contributed by atoms with Crippen molar-refractivity contribution in [2.75, 3.05) is 19.7 Å². The minimum atomic E-state index is -1.89. The molecule has 1 unspecified atom stereocenters. The molecule has 0 spiro atoms. The van der Waals surface area contributed by atoms with Crippen LogP contribution in [-0.2, 0) is 9.53 Å². The Morgan fingerprint density at radius 3 is 2.62 bits per heavy atom. The molecule has 0 aromatic heterocycles. The third-order valence-corrected chi connectivity index (χ3v) is 5.34. The first-order valence-electron chi connectivity index (χ1n) is 7.87. The number of carbonyl (C=O) groups is 1. The van der Waals surface area contributed by atoms with E-state index in [0.29, 0.717) is 13.1 Å². The van der Waals surface area contributed by atoms with E-state index in [0.717, 1.165) is 19.3 Å². The molecule has 0 aromatic rings. The van der Waals surface area contributed by atoms with Gasteiger partial charge < -0.3 is 24.8 Å². The van der Waals surface area contributed by atoms with Gasteiger partial charge in [-0.3, -0.25) is 0 Å². The van der Waals surface area contributed by atoms with Crippen LogP contribution < -0.4 is 0 Å². The lowest BCUT2D eigenvalue weighted by Gasteiger charge is -2.40. The topological polar surface area (TPSA) is 89.8 Å². The van der Waals surface area contributed by atoms with Crippen molar-refractivity contribution in [2.24, 2.45) is 11.8 Å². The van der Waals surface area contributed by atoms with Crippen LogP contribution in [0.5, 0.6) is 0 Å². The largest absolute Gasteiger partial charge is 0.633 e. The first kappa shape index (κ1) is 16.7. The van der Waals surface area contributed by atoms with Crippen molar-refractivity contribution in [3.8, 4) is 0 Å². The number of hydrogen-bond donors (Lipinski definition) is 2. The summed E-state index contributed by atoms with van der Waals surface area (Å²) < 4.78 is 5.12. The minimum absolute atomic E-state index is 0.0245. The lowest BCUT2D eigenvalue weighted by molar-refractivity contribution is -0.881. The highest BCUT2D eigenvalue weighted by atomic mass is 16.6. The van der Waals surface area contributed by atoms with Crippen LogP contribution in [0.4, 0.5) is 0 Å². The van der Waals surface area contributed by atoms with E-state index < -0.39 is 23.6 Å². The van der Waals surface area contributed by atoms with Crippen LogP contribution in [0, 0.1) is 17.0 Å². The van der Waals surface area contributed by atoms with Crippen LogP contribution in [0.25, 0.3) is 0 Å². The number of esters is 1. The van der Waals surface area contributed by atoms with Crippen molar-refractivity contribution in [1.29, 1.82) is 0 Å². The molecule has 2 heterocycles. The van der Waals surface area contributed by atoms with E-state index >= 15 is 0 Å². The van der Waals surface area contributed by atoms with Crippen molar-refractivity contribution < 1.29 is 24.4 Å². The molecule has 0 aromatic carbocycles. The quantitative estimate of drug-likeness (QED) is 0.445. The lowest BCUT2D eigenvalue weighted by atomic mass is 9.85. The Balaban J connectivity index is 1.95. The summed E-state index contributed by atoms with van der Waals surface area (Å²) in [6, 6.07) is 0.0245. The van der Waals surface area contributed by atoms with Crippen LogP contribution >= 0.6 is 0 Å². The Kier molecular flexibility index (Phi) is 4.63. The highest BCUT2D eigenvalue weighted by Crippen LogP contribution is 2.39. The van der Waals surface area contributed by atoms with Crippen molar-refractivity contribution in [1.82, 2.24) is 0 Å². The molecule has 0 aliphatic carbocycles. The molecule has 0 radical (unpaired) electrons. The average Bonchev–Trinajstić information content (AvgIpc) is 2.91. The molecule has 2 fully saturated rings. The van der Waals surface area contributed by atoms with Gasteiger partial charge in [0, 0.05) is 19.3 Å². The normalized spacial score (nSPS) is 36.3. The summed E-state index contributed by atoms with van der Waals surface area (Å²) >= 11 is 0. The van der Waals surface area contributed by atoms with Gasteiger partial charge >= 0.3 is 5.97 Å². The molecule has 0 bridgehead atoms. The number of rotatable bonds is 5. The zero-order valence-electron chi connectivity index (χ0n) is 13.1. The third-order valence-electron chi connectivity index (χ3n) is 5.34. The third kappa shape index (κ3) is 2.82. The molecule has 2 rings (SSSR count). The molecule has 122 valence electrons. The summed E-state index contributed by atoms with van der Waals surface area (Å²) in [7, 11) is 0. The summed E-state index contributed by atoms with van der Waals surface area (Å²) in [6.45, 7) is 6.14. The van der Waals surface area contributed by atoms with Gasteiger partial charge in [-0.2, -0.15) is 0 Å². The maximum atomic E-state index is 12.4. The van der Waals surface area contributed by atoms with Crippen molar-refractivity contribution in [2.45, 2.75) is 57.8 Å². The molecule has 2 aliphatic heterocycles. The highest BCUT2D eigenvalue weighted by molar-refractivity contribution is 5.80. The van der Waals surface area contributed by atoms with E-state index in [-0.39, 0.29) is 23.2 Å². The van der Waals surface area contributed by atoms with E-state index in [4.69, 9.17) is 4.74 Å². The molecular weight excluding hydrogens is 274 g/mol. The fourth-order valence-electron chi connectivity index (χ4n) is 3.82. The Hall–Kier alpha value is -0.690. The van der Waals surface area contributed by atoms with Crippen molar-refractivity contribution >= 4 is 5.97 Å². The number of aliphatic hydroxyl groups excluding tert-OH is 1. The van der Waals surface area contributed by atoms with Crippen LogP contribution in [-0.4, -0.2) is 58.3 Å². The number of carbonyl (C=O) groups excluding carboxylic acids is 1. The molecule has 0 saturated carbocycles. The molecule has 6 nitrogen and oxygen atoms in total. The van der Waals surface area contributed by atoms with E-state index in [1.54, 1.807) is 13.8 Å². The van der Waals surface area contributed by atoms with Crippen molar-refractivity contribution in [3.63, 3.8) is 0 Å². The van der Waals surface area contributed by atoms with Gasteiger partial charge in [-0.15, -0.1) is 0 Å². The zero-order chi connectivity index (χ0) is 15.8. The van der Waals surface area contributed by atoms with E-state index in [1.165, 1.54) is 6.92 Å². The first-order chi connectivity index (χ1) is 9.71. The highest BCUT2D eigenvalue weighted by Gasteiger charge is 2.49. The van der Waals surface area contributed by atoms with Gasteiger partial charge in [0.05, 0.1) is 31.2 Å². The van der Waals surface area contributed by atoms with E-state index in [9.17, 15) is 20.2 Å². The fourth-order valence-corrected chi connectivity index (χ4v) is 3.82. The molecule has 21 heavy (non-hydrogen) atoms. The number of ether oxygens (including phenoxy) is 1. The molecule has 2 aliphatic rings. The summed E-state index contributed by atoms with van der Waals surface area (Å²) in [4.78, 5) is 12.2. The molecule has 6 heteroatoms. The Bertz CT molecular complexity index is 390. The monoisotopic (exact) mass is 301 g/mol. The zero-order valence-corrected chi connectivity index (χ0v) is 13.1. The van der Waals surface area contributed by atoms with Crippen LogP contribution in [0.2, 0.25) is 0 Å². The standard InChI is InChI=1S/C15H27NO5/c1-10(2)15(19,11(3)17)14(18)21-9-12-6-8-16(20)7-4-5-13(12)16/h10-13,17,19H,4-9H2,1-3H3/t11-,12-,13-,15+,16?/m0/s1. The number of hydroxylamine groups is 3. The maximum Gasteiger partial charge on any atom is 0.341 e. The molecule has 5 atom stereocenters. The summed E-state index contributed by atoms with van der Waals surface area (Å²) in [5, 5.41) is 32.5.